The van der Waals surface area contributed by atoms with E-state index in [1.807, 2.05) is 34.6 Å². The lowest BCUT2D eigenvalue weighted by Gasteiger charge is -2.14. The highest BCUT2D eigenvalue weighted by molar-refractivity contribution is 6.15. The molecule has 0 saturated heterocycles. The van der Waals surface area contributed by atoms with Gasteiger partial charge >= 0.3 is 0 Å². The van der Waals surface area contributed by atoms with Crippen molar-refractivity contribution in [2.45, 2.75) is 59.4 Å². The molecule has 24 heavy (non-hydrogen) atoms. The Bertz CT molecular complexity index is 718. The third-order valence-corrected chi connectivity index (χ3v) is 3.70. The summed E-state index contributed by atoms with van der Waals surface area (Å²) in [6.07, 6.45) is 3.64. The molecule has 1 saturated carbocycles. The Morgan fingerprint density at radius 1 is 1.33 bits per heavy atom. The molecule has 1 fully saturated rings. The van der Waals surface area contributed by atoms with Crippen molar-refractivity contribution in [3.05, 3.63) is 28.9 Å². The highest BCUT2D eigenvalue weighted by Crippen LogP contribution is 2.42. The van der Waals surface area contributed by atoms with E-state index in [1.54, 1.807) is 0 Å². The maximum absolute atomic E-state index is 8.49. The number of anilines is 2. The summed E-state index contributed by atoms with van der Waals surface area (Å²) in [5.74, 6) is 2.14. The second kappa shape index (κ2) is 7.42. The topological polar surface area (TPSA) is 114 Å². The van der Waals surface area contributed by atoms with Crippen LogP contribution in [0.2, 0.25) is 0 Å². The van der Waals surface area contributed by atoms with E-state index in [0.717, 1.165) is 24.2 Å². The van der Waals surface area contributed by atoms with E-state index in [-0.39, 0.29) is 17.6 Å². The van der Waals surface area contributed by atoms with E-state index in [1.165, 1.54) is 6.33 Å². The van der Waals surface area contributed by atoms with E-state index >= 15 is 0 Å². The molecule has 4 N–H and O–H groups in total. The Morgan fingerprint density at radius 2 is 2.00 bits per heavy atom. The summed E-state index contributed by atoms with van der Waals surface area (Å²) in [6, 6.07) is 0.168. The summed E-state index contributed by atoms with van der Waals surface area (Å²) in [4.78, 5) is 8.21. The number of nitrogens with zero attached hydrogens (tertiary/aromatic N) is 3. The van der Waals surface area contributed by atoms with Crippen LogP contribution in [-0.2, 0) is 0 Å². The van der Waals surface area contributed by atoms with Crippen LogP contribution in [0.1, 0.15) is 69.0 Å². The molecule has 0 atom stereocenters. The lowest BCUT2D eigenvalue weighted by atomic mass is 10.0. The highest BCUT2D eigenvalue weighted by Gasteiger charge is 2.32. The molecule has 2 heterocycles. The average Bonchev–Trinajstić information content (AvgIpc) is 3.31. The van der Waals surface area contributed by atoms with Crippen LogP contribution in [0.5, 0.6) is 0 Å². The molecule has 7 heteroatoms. The Balaban J connectivity index is 0.00000100. The van der Waals surface area contributed by atoms with Gasteiger partial charge in [-0.1, -0.05) is 19.0 Å². The molecule has 0 aromatic carbocycles. The fourth-order valence-electron chi connectivity index (χ4n) is 2.45. The van der Waals surface area contributed by atoms with Gasteiger partial charge in [-0.25, -0.2) is 9.97 Å². The average molecular weight is 330 g/mol. The molecule has 0 bridgehead atoms. The molecule has 1 aliphatic carbocycles. The van der Waals surface area contributed by atoms with E-state index in [0.29, 0.717) is 23.0 Å². The van der Waals surface area contributed by atoms with E-state index < -0.39 is 0 Å². The lowest BCUT2D eigenvalue weighted by molar-refractivity contribution is 0.382. The van der Waals surface area contributed by atoms with Crippen molar-refractivity contribution in [2.24, 2.45) is 0 Å². The zero-order chi connectivity index (χ0) is 17.9. The van der Waals surface area contributed by atoms with Gasteiger partial charge in [0.15, 0.2) is 0 Å². The molecule has 2 aromatic rings. The van der Waals surface area contributed by atoms with Crippen molar-refractivity contribution in [3.8, 4) is 0 Å². The number of nitrogens with one attached hydrogen (secondary N) is 2. The van der Waals surface area contributed by atoms with Crippen LogP contribution in [0.25, 0.3) is 0 Å². The molecule has 1 aliphatic rings. The molecule has 0 radical (unpaired) electrons. The summed E-state index contributed by atoms with van der Waals surface area (Å²) in [7, 11) is 0. The molecule has 7 nitrogen and oxygen atoms in total. The minimum absolute atomic E-state index is 0.168. The van der Waals surface area contributed by atoms with Crippen molar-refractivity contribution >= 4 is 17.3 Å². The summed E-state index contributed by atoms with van der Waals surface area (Å²) in [6.45, 7) is 9.93. The predicted molar refractivity (Wildman–Crippen MR) is 95.7 cm³/mol. The largest absolute Gasteiger partial charge is 0.383 e. The summed E-state index contributed by atoms with van der Waals surface area (Å²) < 4.78 is 5.43. The van der Waals surface area contributed by atoms with Gasteiger partial charge < -0.3 is 15.6 Å². The van der Waals surface area contributed by atoms with Crippen molar-refractivity contribution in [1.82, 2.24) is 15.1 Å². The molecule has 2 aromatic heterocycles. The zero-order valence-electron chi connectivity index (χ0n) is 15.0. The first-order chi connectivity index (χ1) is 11.5. The summed E-state index contributed by atoms with van der Waals surface area (Å²) >= 11 is 0. The van der Waals surface area contributed by atoms with Gasteiger partial charge in [0, 0.05) is 17.5 Å². The number of nitrogens with two attached hydrogens (primary N) is 1. The fourth-order valence-corrected chi connectivity index (χ4v) is 2.45. The van der Waals surface area contributed by atoms with Crippen molar-refractivity contribution in [1.29, 1.82) is 5.41 Å². The first-order valence-corrected chi connectivity index (χ1v) is 8.41. The predicted octanol–water partition coefficient (Wildman–Crippen LogP) is 3.50. The van der Waals surface area contributed by atoms with Crippen LogP contribution >= 0.6 is 0 Å². The Morgan fingerprint density at radius 3 is 2.58 bits per heavy atom. The van der Waals surface area contributed by atoms with E-state index in [9.17, 15) is 0 Å². The van der Waals surface area contributed by atoms with Gasteiger partial charge in [-0.05, 0) is 33.6 Å². The minimum Gasteiger partial charge on any atom is -0.383 e. The number of aromatic nitrogens is 3. The second-order valence-electron chi connectivity index (χ2n) is 5.95. The maximum atomic E-state index is 8.49. The molecule has 130 valence electrons. The van der Waals surface area contributed by atoms with Gasteiger partial charge in [0.25, 0.3) is 0 Å². The Hall–Kier alpha value is -2.44. The van der Waals surface area contributed by atoms with Gasteiger partial charge in [0.2, 0.25) is 0 Å². The fraction of sp³-hybridized carbons (Fsp3) is 0.529. The standard InChI is InChI=1S/C15H20N6O.C2H6/c1-7(2)20-15-10(14(17)18-6-19-15)11(16)12-8(3)13(22-21-12)9-4-5-9;1-2/h6-7,9,16H,4-5H2,1-3H3,(H3,17,18,19,20);1-2H3. The van der Waals surface area contributed by atoms with Crippen molar-refractivity contribution in [2.75, 3.05) is 11.1 Å². The first kappa shape index (κ1) is 17.9. The molecular weight excluding hydrogens is 304 g/mol. The van der Waals surface area contributed by atoms with Crippen LogP contribution in [-0.4, -0.2) is 26.9 Å². The van der Waals surface area contributed by atoms with Crippen LogP contribution in [0.4, 0.5) is 11.6 Å². The normalized spacial score (nSPS) is 13.4. The van der Waals surface area contributed by atoms with Crippen LogP contribution in [0, 0.1) is 12.3 Å². The van der Waals surface area contributed by atoms with Crippen LogP contribution in [0.3, 0.4) is 0 Å². The van der Waals surface area contributed by atoms with Gasteiger partial charge in [-0.2, -0.15) is 0 Å². The second-order valence-corrected chi connectivity index (χ2v) is 5.95. The SMILES string of the molecule is CC.Cc1c(C(=N)c2c(N)ncnc2NC(C)C)noc1C1CC1. The lowest BCUT2D eigenvalue weighted by Crippen LogP contribution is -2.18. The number of nitrogen functional groups attached to an aromatic ring is 1. The first-order valence-electron chi connectivity index (χ1n) is 8.41. The monoisotopic (exact) mass is 330 g/mol. The smallest absolute Gasteiger partial charge is 0.143 e. The van der Waals surface area contributed by atoms with E-state index in [2.05, 4.69) is 20.4 Å². The highest BCUT2D eigenvalue weighted by atomic mass is 16.5. The molecule has 0 aliphatic heterocycles. The molecular formula is C17H26N6O. The van der Waals surface area contributed by atoms with Crippen molar-refractivity contribution in [3.63, 3.8) is 0 Å². The Kier molecular flexibility index (Phi) is 5.54. The summed E-state index contributed by atoms with van der Waals surface area (Å²) in [5, 5.41) is 15.8. The third kappa shape index (κ3) is 3.55. The van der Waals surface area contributed by atoms with Crippen molar-refractivity contribution < 1.29 is 4.52 Å². The van der Waals surface area contributed by atoms with Crippen LogP contribution < -0.4 is 11.1 Å². The third-order valence-electron chi connectivity index (χ3n) is 3.70. The maximum Gasteiger partial charge on any atom is 0.143 e. The number of hydrogen-bond acceptors (Lipinski definition) is 7. The Labute approximate surface area is 142 Å². The molecule has 0 spiro atoms. The quantitative estimate of drug-likeness (QED) is 0.723. The number of rotatable bonds is 5. The van der Waals surface area contributed by atoms with Gasteiger partial charge in [-0.15, -0.1) is 0 Å². The van der Waals surface area contributed by atoms with E-state index in [4.69, 9.17) is 15.7 Å². The zero-order valence-corrected chi connectivity index (χ0v) is 15.0. The summed E-state index contributed by atoms with van der Waals surface area (Å²) in [5.41, 5.74) is 8.05. The molecule has 3 rings (SSSR count). The van der Waals surface area contributed by atoms with Gasteiger partial charge in [0.1, 0.15) is 29.4 Å². The molecule has 0 amide bonds. The minimum atomic E-state index is 0.168. The number of hydrogen-bond donors (Lipinski definition) is 3. The van der Waals surface area contributed by atoms with Crippen LogP contribution in [0.15, 0.2) is 10.9 Å². The van der Waals surface area contributed by atoms with Gasteiger partial charge in [-0.3, -0.25) is 5.41 Å². The van der Waals surface area contributed by atoms with Gasteiger partial charge in [0.05, 0.1) is 11.3 Å². The molecule has 0 unspecified atom stereocenters.